The summed E-state index contributed by atoms with van der Waals surface area (Å²) in [6.45, 7) is 12.8. The third-order valence-electron chi connectivity index (χ3n) is 4.82. The van der Waals surface area contributed by atoms with E-state index in [0.717, 1.165) is 25.3 Å². The molecule has 2 nitrogen and oxygen atoms in total. The van der Waals surface area contributed by atoms with E-state index in [1.807, 2.05) is 0 Å². The van der Waals surface area contributed by atoms with Crippen LogP contribution in [0.2, 0.25) is 0 Å². The summed E-state index contributed by atoms with van der Waals surface area (Å²) in [7, 11) is 0. The monoisotopic (exact) mass is 353 g/mol. The van der Waals surface area contributed by atoms with Crippen molar-refractivity contribution < 1.29 is 4.74 Å². The van der Waals surface area contributed by atoms with Gasteiger partial charge in [-0.05, 0) is 36.0 Å². The van der Waals surface area contributed by atoms with Crippen molar-refractivity contribution in [3.63, 3.8) is 0 Å². The second kappa shape index (κ2) is 9.78. The second-order valence-electron chi connectivity index (χ2n) is 8.14. The first-order valence-corrected chi connectivity index (χ1v) is 9.96. The van der Waals surface area contributed by atoms with Gasteiger partial charge in [0.25, 0.3) is 0 Å². The molecule has 0 heterocycles. The van der Waals surface area contributed by atoms with Gasteiger partial charge in [-0.3, -0.25) is 0 Å². The average molecular weight is 354 g/mol. The molecule has 1 N–H and O–H groups in total. The van der Waals surface area contributed by atoms with Crippen LogP contribution in [0, 0.1) is 0 Å². The number of hydrogen-bond acceptors (Lipinski definition) is 2. The van der Waals surface area contributed by atoms with Crippen LogP contribution in [0.25, 0.3) is 0 Å². The van der Waals surface area contributed by atoms with Crippen molar-refractivity contribution in [2.24, 2.45) is 0 Å². The summed E-state index contributed by atoms with van der Waals surface area (Å²) in [4.78, 5) is 0. The van der Waals surface area contributed by atoms with Crippen molar-refractivity contribution in [2.45, 2.75) is 71.9 Å². The first-order chi connectivity index (χ1) is 12.4. The molecule has 0 aromatic heterocycles. The number of para-hydroxylation sites is 1. The summed E-state index contributed by atoms with van der Waals surface area (Å²) < 4.78 is 6.03. The van der Waals surface area contributed by atoms with E-state index in [9.17, 15) is 0 Å². The van der Waals surface area contributed by atoms with Gasteiger partial charge in [0.1, 0.15) is 5.75 Å². The lowest BCUT2D eigenvalue weighted by Crippen LogP contribution is -2.19. The fourth-order valence-corrected chi connectivity index (χ4v) is 3.01. The first kappa shape index (κ1) is 20.5. The number of rotatable bonds is 9. The molecule has 0 aliphatic rings. The molecule has 2 aromatic carbocycles. The normalized spacial score (nSPS) is 12.8. The van der Waals surface area contributed by atoms with Crippen LogP contribution in [0.4, 0.5) is 0 Å². The Labute approximate surface area is 160 Å². The number of nitrogens with one attached hydrogen (secondary N) is 1. The highest BCUT2D eigenvalue weighted by atomic mass is 16.5. The van der Waals surface area contributed by atoms with Gasteiger partial charge < -0.3 is 10.1 Å². The van der Waals surface area contributed by atoms with E-state index in [0.29, 0.717) is 0 Å². The maximum absolute atomic E-state index is 6.03. The Morgan fingerprint density at radius 3 is 2.31 bits per heavy atom. The van der Waals surface area contributed by atoms with Gasteiger partial charge in [-0.1, -0.05) is 83.0 Å². The van der Waals surface area contributed by atoms with Crippen molar-refractivity contribution in [1.82, 2.24) is 5.32 Å². The minimum Gasteiger partial charge on any atom is -0.493 e. The molecule has 0 aliphatic heterocycles. The average Bonchev–Trinajstić information content (AvgIpc) is 2.63. The summed E-state index contributed by atoms with van der Waals surface area (Å²) in [5.41, 5.74) is 4.12. The van der Waals surface area contributed by atoms with E-state index in [-0.39, 0.29) is 11.5 Å². The minimum absolute atomic E-state index is 0.202. The molecule has 2 rings (SSSR count). The van der Waals surface area contributed by atoms with E-state index in [2.05, 4.69) is 88.5 Å². The van der Waals surface area contributed by atoms with Crippen molar-refractivity contribution in [3.8, 4) is 5.75 Å². The Morgan fingerprint density at radius 1 is 0.962 bits per heavy atom. The van der Waals surface area contributed by atoms with Gasteiger partial charge in [0, 0.05) is 18.2 Å². The summed E-state index contributed by atoms with van der Waals surface area (Å²) in [6.07, 6.45) is 3.56. The van der Waals surface area contributed by atoms with Gasteiger partial charge in [-0.2, -0.15) is 0 Å². The van der Waals surface area contributed by atoms with Crippen LogP contribution in [-0.2, 0) is 12.0 Å². The fraction of sp³-hybridized carbons (Fsp3) is 0.500. The lowest BCUT2D eigenvalue weighted by molar-refractivity contribution is 0.300. The quantitative estimate of drug-likeness (QED) is 0.526. The van der Waals surface area contributed by atoms with E-state index < -0.39 is 0 Å². The Hall–Kier alpha value is -1.80. The summed E-state index contributed by atoms with van der Waals surface area (Å²) in [6, 6.07) is 17.6. The van der Waals surface area contributed by atoms with Crippen LogP contribution in [0.1, 0.15) is 76.6 Å². The zero-order chi connectivity index (χ0) is 19.0. The van der Waals surface area contributed by atoms with Crippen LogP contribution in [0.5, 0.6) is 5.75 Å². The molecule has 0 radical (unpaired) electrons. The van der Waals surface area contributed by atoms with Gasteiger partial charge in [-0.15, -0.1) is 0 Å². The zero-order valence-electron chi connectivity index (χ0n) is 17.1. The third-order valence-corrected chi connectivity index (χ3v) is 4.82. The SMILES string of the molecule is CCCCCOc1ccccc1C(C)NCc1ccc(C(C)(C)C)cc1. The Bertz CT molecular complexity index is 655. The summed E-state index contributed by atoms with van der Waals surface area (Å²) in [5, 5.41) is 3.64. The molecule has 0 bridgehead atoms. The van der Waals surface area contributed by atoms with Gasteiger partial charge in [0.05, 0.1) is 6.61 Å². The van der Waals surface area contributed by atoms with Crippen molar-refractivity contribution in [1.29, 1.82) is 0 Å². The molecule has 2 aromatic rings. The Morgan fingerprint density at radius 2 is 1.65 bits per heavy atom. The van der Waals surface area contributed by atoms with E-state index >= 15 is 0 Å². The molecule has 1 unspecified atom stereocenters. The van der Waals surface area contributed by atoms with Crippen LogP contribution < -0.4 is 10.1 Å². The first-order valence-electron chi connectivity index (χ1n) is 9.96. The largest absolute Gasteiger partial charge is 0.493 e. The predicted molar refractivity (Wildman–Crippen MR) is 112 cm³/mol. The van der Waals surface area contributed by atoms with Crippen LogP contribution in [0.3, 0.4) is 0 Å². The number of hydrogen-bond donors (Lipinski definition) is 1. The zero-order valence-corrected chi connectivity index (χ0v) is 17.1. The molecular formula is C24H35NO. The van der Waals surface area contributed by atoms with Crippen LogP contribution >= 0.6 is 0 Å². The standard InChI is InChI=1S/C24H35NO/c1-6-7-10-17-26-23-12-9-8-11-22(23)19(2)25-18-20-13-15-21(16-14-20)24(3,4)5/h8-9,11-16,19,25H,6-7,10,17-18H2,1-5H3. The van der Waals surface area contributed by atoms with Crippen LogP contribution in [-0.4, -0.2) is 6.61 Å². The van der Waals surface area contributed by atoms with Gasteiger partial charge in [0.2, 0.25) is 0 Å². The lowest BCUT2D eigenvalue weighted by Gasteiger charge is -2.20. The lowest BCUT2D eigenvalue weighted by atomic mass is 9.87. The van der Waals surface area contributed by atoms with Gasteiger partial charge in [0.15, 0.2) is 0 Å². The number of ether oxygens (including phenoxy) is 1. The molecule has 142 valence electrons. The van der Waals surface area contributed by atoms with E-state index in [1.54, 1.807) is 0 Å². The van der Waals surface area contributed by atoms with Crippen molar-refractivity contribution in [3.05, 3.63) is 65.2 Å². The fourth-order valence-electron chi connectivity index (χ4n) is 3.01. The van der Waals surface area contributed by atoms with Crippen LogP contribution in [0.15, 0.2) is 48.5 Å². The maximum Gasteiger partial charge on any atom is 0.124 e. The number of benzene rings is 2. The van der Waals surface area contributed by atoms with Crippen molar-refractivity contribution in [2.75, 3.05) is 6.61 Å². The van der Waals surface area contributed by atoms with Crippen molar-refractivity contribution >= 4 is 0 Å². The second-order valence-corrected chi connectivity index (χ2v) is 8.14. The minimum atomic E-state index is 0.202. The summed E-state index contributed by atoms with van der Waals surface area (Å²) in [5.74, 6) is 1.01. The number of unbranched alkanes of at least 4 members (excludes halogenated alkanes) is 2. The molecule has 26 heavy (non-hydrogen) atoms. The van der Waals surface area contributed by atoms with Gasteiger partial charge in [-0.25, -0.2) is 0 Å². The molecule has 2 heteroatoms. The van der Waals surface area contributed by atoms with E-state index in [1.165, 1.54) is 29.5 Å². The highest BCUT2D eigenvalue weighted by Crippen LogP contribution is 2.26. The molecular weight excluding hydrogens is 318 g/mol. The van der Waals surface area contributed by atoms with E-state index in [4.69, 9.17) is 4.74 Å². The Kier molecular flexibility index (Phi) is 7.71. The Balaban J connectivity index is 1.94. The smallest absolute Gasteiger partial charge is 0.124 e. The molecule has 1 atom stereocenters. The molecule has 0 spiro atoms. The molecule has 0 saturated carbocycles. The highest BCUT2D eigenvalue weighted by Gasteiger charge is 2.14. The molecule has 0 fully saturated rings. The third kappa shape index (κ3) is 6.17. The highest BCUT2D eigenvalue weighted by molar-refractivity contribution is 5.36. The topological polar surface area (TPSA) is 21.3 Å². The molecule has 0 saturated heterocycles. The summed E-state index contributed by atoms with van der Waals surface area (Å²) >= 11 is 0. The van der Waals surface area contributed by atoms with Gasteiger partial charge >= 0.3 is 0 Å². The maximum atomic E-state index is 6.03. The predicted octanol–water partition coefficient (Wildman–Crippen LogP) is 6.40. The molecule has 0 aliphatic carbocycles. The molecule has 0 amide bonds.